The number of carbonyl (C=O) groups is 2. The largest absolute Gasteiger partial charge is 0.465 e. The van der Waals surface area contributed by atoms with Gasteiger partial charge in [0.25, 0.3) is 0 Å². The lowest BCUT2D eigenvalue weighted by Gasteiger charge is -2.09. The second-order valence-electron chi connectivity index (χ2n) is 5.55. The third-order valence-corrected chi connectivity index (χ3v) is 5.06. The maximum absolute atomic E-state index is 12.3. The van der Waals surface area contributed by atoms with E-state index in [1.807, 2.05) is 11.5 Å². The highest BCUT2D eigenvalue weighted by molar-refractivity contribution is 7.99. The normalized spacial score (nSPS) is 10.7. The molecular weight excluding hydrogens is 404 g/mol. The van der Waals surface area contributed by atoms with Crippen LogP contribution in [0.3, 0.4) is 0 Å². The van der Waals surface area contributed by atoms with Gasteiger partial charge in [-0.05, 0) is 37.3 Å². The zero-order chi connectivity index (χ0) is 20.1. The average Bonchev–Trinajstić information content (AvgIpc) is 3.36. The Balaban J connectivity index is 1.68. The van der Waals surface area contributed by atoms with Crippen molar-refractivity contribution in [3.63, 3.8) is 0 Å². The number of methoxy groups -OCH3 is 1. The number of esters is 1. The van der Waals surface area contributed by atoms with Crippen molar-refractivity contribution in [1.82, 2.24) is 14.8 Å². The van der Waals surface area contributed by atoms with Gasteiger partial charge >= 0.3 is 5.97 Å². The number of hydrogen-bond acceptors (Lipinski definition) is 7. The van der Waals surface area contributed by atoms with Crippen molar-refractivity contribution in [3.8, 4) is 11.6 Å². The van der Waals surface area contributed by atoms with E-state index in [0.717, 1.165) is 0 Å². The van der Waals surface area contributed by atoms with Crippen LogP contribution < -0.4 is 5.32 Å². The molecule has 0 radical (unpaired) electrons. The molecule has 1 aromatic carbocycles. The molecule has 8 nitrogen and oxygen atoms in total. The summed E-state index contributed by atoms with van der Waals surface area (Å²) in [6.07, 6.45) is 1.57. The number of rotatable bonds is 7. The van der Waals surface area contributed by atoms with Crippen molar-refractivity contribution in [3.05, 3.63) is 47.2 Å². The van der Waals surface area contributed by atoms with Gasteiger partial charge in [-0.1, -0.05) is 23.4 Å². The first-order chi connectivity index (χ1) is 13.5. The van der Waals surface area contributed by atoms with Crippen molar-refractivity contribution >= 4 is 40.9 Å². The summed E-state index contributed by atoms with van der Waals surface area (Å²) in [5.74, 6) is 0.498. The van der Waals surface area contributed by atoms with Crippen LogP contribution in [0.5, 0.6) is 0 Å². The molecule has 0 saturated carbocycles. The van der Waals surface area contributed by atoms with Gasteiger partial charge in [-0.25, -0.2) is 4.79 Å². The number of thioether (sulfide) groups is 1. The summed E-state index contributed by atoms with van der Waals surface area (Å²) >= 11 is 7.34. The number of anilines is 1. The third-order valence-electron chi connectivity index (χ3n) is 3.77. The van der Waals surface area contributed by atoms with Gasteiger partial charge < -0.3 is 14.5 Å². The second-order valence-corrected chi connectivity index (χ2v) is 6.90. The smallest absolute Gasteiger partial charge is 0.337 e. The molecule has 0 atom stereocenters. The van der Waals surface area contributed by atoms with E-state index in [1.54, 1.807) is 18.4 Å². The molecule has 28 heavy (non-hydrogen) atoms. The number of halogens is 1. The zero-order valence-electron chi connectivity index (χ0n) is 15.1. The van der Waals surface area contributed by atoms with E-state index in [0.29, 0.717) is 39.6 Å². The number of ether oxygens (including phenoxy) is 1. The molecule has 0 spiro atoms. The Morgan fingerprint density at radius 2 is 2.14 bits per heavy atom. The summed E-state index contributed by atoms with van der Waals surface area (Å²) < 4.78 is 11.9. The summed E-state index contributed by atoms with van der Waals surface area (Å²) in [6, 6.07) is 8.10. The van der Waals surface area contributed by atoms with Crippen molar-refractivity contribution in [2.45, 2.75) is 18.6 Å². The molecule has 3 rings (SSSR count). The number of nitrogens with one attached hydrogen (secondary N) is 1. The molecule has 0 aliphatic rings. The van der Waals surface area contributed by atoms with E-state index in [-0.39, 0.29) is 11.7 Å². The van der Waals surface area contributed by atoms with E-state index in [2.05, 4.69) is 20.3 Å². The fourth-order valence-electron chi connectivity index (χ4n) is 2.45. The van der Waals surface area contributed by atoms with E-state index < -0.39 is 5.97 Å². The van der Waals surface area contributed by atoms with Crippen LogP contribution in [0.15, 0.2) is 46.2 Å². The van der Waals surface area contributed by atoms with E-state index in [9.17, 15) is 9.59 Å². The Morgan fingerprint density at radius 1 is 1.32 bits per heavy atom. The third kappa shape index (κ3) is 4.37. The molecule has 0 saturated heterocycles. The first kappa shape index (κ1) is 20.0. The Bertz CT molecular complexity index is 988. The lowest BCUT2D eigenvalue weighted by molar-refractivity contribution is -0.113. The standard InChI is InChI=1S/C18H17ClN4O4S/c1-3-23-16(14-5-4-8-27-14)21-22-18(23)28-10-15(24)20-13-9-11(17(25)26-2)6-7-12(13)19/h4-9H,3,10H2,1-2H3,(H,20,24). The Morgan fingerprint density at radius 3 is 2.82 bits per heavy atom. The van der Waals surface area contributed by atoms with Gasteiger partial charge in [0.2, 0.25) is 5.91 Å². The van der Waals surface area contributed by atoms with E-state index >= 15 is 0 Å². The quantitative estimate of drug-likeness (QED) is 0.459. The molecular formula is C18H17ClN4O4S. The summed E-state index contributed by atoms with van der Waals surface area (Å²) in [5, 5.41) is 11.9. The SMILES string of the molecule is CCn1c(SCC(=O)Nc2cc(C(=O)OC)ccc2Cl)nnc1-c1ccco1. The van der Waals surface area contributed by atoms with Crippen LogP contribution in [-0.2, 0) is 16.1 Å². The molecule has 0 fully saturated rings. The highest BCUT2D eigenvalue weighted by Crippen LogP contribution is 2.26. The average molecular weight is 421 g/mol. The van der Waals surface area contributed by atoms with Gasteiger partial charge in [0.05, 0.1) is 35.4 Å². The lowest BCUT2D eigenvalue weighted by atomic mass is 10.2. The molecule has 0 aliphatic carbocycles. The highest BCUT2D eigenvalue weighted by Gasteiger charge is 2.17. The number of carbonyl (C=O) groups excluding carboxylic acids is 2. The van der Waals surface area contributed by atoms with Crippen LogP contribution in [0.2, 0.25) is 5.02 Å². The molecule has 1 amide bonds. The van der Waals surface area contributed by atoms with Crippen LogP contribution in [0.4, 0.5) is 5.69 Å². The summed E-state index contributed by atoms with van der Waals surface area (Å²) in [5.41, 5.74) is 0.632. The topological polar surface area (TPSA) is 99.2 Å². The summed E-state index contributed by atoms with van der Waals surface area (Å²) in [6.45, 7) is 2.58. The van der Waals surface area contributed by atoms with Crippen LogP contribution >= 0.6 is 23.4 Å². The van der Waals surface area contributed by atoms with Gasteiger partial charge in [0, 0.05) is 6.54 Å². The number of aromatic nitrogens is 3. The predicted molar refractivity (Wildman–Crippen MR) is 106 cm³/mol. The Labute approximate surface area is 170 Å². The number of amides is 1. The van der Waals surface area contributed by atoms with Gasteiger partial charge in [-0.3, -0.25) is 9.36 Å². The maximum atomic E-state index is 12.3. The maximum Gasteiger partial charge on any atom is 0.337 e. The molecule has 0 aliphatic heterocycles. The summed E-state index contributed by atoms with van der Waals surface area (Å²) in [7, 11) is 1.28. The second kappa shape index (κ2) is 8.94. The Hall–Kier alpha value is -2.78. The van der Waals surface area contributed by atoms with Gasteiger partial charge in [0.1, 0.15) is 0 Å². The lowest BCUT2D eigenvalue weighted by Crippen LogP contribution is -2.15. The molecule has 10 heteroatoms. The van der Waals surface area contributed by atoms with Gasteiger partial charge in [0.15, 0.2) is 16.7 Å². The minimum Gasteiger partial charge on any atom is -0.465 e. The molecule has 2 heterocycles. The van der Waals surface area contributed by atoms with Crippen molar-refractivity contribution in [1.29, 1.82) is 0 Å². The van der Waals surface area contributed by atoms with E-state index in [1.165, 1.54) is 37.1 Å². The van der Waals surface area contributed by atoms with Gasteiger partial charge in [-0.15, -0.1) is 10.2 Å². The van der Waals surface area contributed by atoms with Crippen molar-refractivity contribution < 1.29 is 18.7 Å². The number of benzene rings is 1. The number of hydrogen-bond donors (Lipinski definition) is 1. The summed E-state index contributed by atoms with van der Waals surface area (Å²) in [4.78, 5) is 24.0. The first-order valence-corrected chi connectivity index (χ1v) is 9.67. The first-order valence-electron chi connectivity index (χ1n) is 8.31. The Kier molecular flexibility index (Phi) is 6.37. The number of nitrogens with zero attached hydrogens (tertiary/aromatic N) is 3. The van der Waals surface area contributed by atoms with Gasteiger partial charge in [-0.2, -0.15) is 0 Å². The van der Waals surface area contributed by atoms with Crippen LogP contribution in [0, 0.1) is 0 Å². The zero-order valence-corrected chi connectivity index (χ0v) is 16.7. The molecule has 0 bridgehead atoms. The fraction of sp³-hybridized carbons (Fsp3) is 0.222. The predicted octanol–water partition coefficient (Wildman–Crippen LogP) is 3.73. The molecule has 3 aromatic rings. The van der Waals surface area contributed by atoms with Crippen molar-refractivity contribution in [2.24, 2.45) is 0 Å². The van der Waals surface area contributed by atoms with Crippen molar-refractivity contribution in [2.75, 3.05) is 18.2 Å². The van der Waals surface area contributed by atoms with E-state index in [4.69, 9.17) is 16.0 Å². The number of furan rings is 1. The van der Waals surface area contributed by atoms with Crippen LogP contribution in [-0.4, -0.2) is 39.5 Å². The molecule has 2 aromatic heterocycles. The minimum absolute atomic E-state index is 0.0923. The molecule has 146 valence electrons. The highest BCUT2D eigenvalue weighted by atomic mass is 35.5. The minimum atomic E-state index is -0.511. The molecule has 0 unspecified atom stereocenters. The molecule has 1 N–H and O–H groups in total. The fourth-order valence-corrected chi connectivity index (χ4v) is 3.42. The van der Waals surface area contributed by atoms with Crippen LogP contribution in [0.1, 0.15) is 17.3 Å². The monoisotopic (exact) mass is 420 g/mol. The van der Waals surface area contributed by atoms with Crippen LogP contribution in [0.25, 0.3) is 11.6 Å².